The van der Waals surface area contributed by atoms with E-state index >= 15 is 0 Å². The van der Waals surface area contributed by atoms with E-state index in [4.69, 9.17) is 0 Å². The predicted molar refractivity (Wildman–Crippen MR) is 80.5 cm³/mol. The van der Waals surface area contributed by atoms with Crippen molar-refractivity contribution >= 4 is 5.91 Å². The summed E-state index contributed by atoms with van der Waals surface area (Å²) in [6, 6.07) is 8.70. The van der Waals surface area contributed by atoms with Gasteiger partial charge in [-0.3, -0.25) is 4.79 Å². The molecule has 0 aromatic heterocycles. The van der Waals surface area contributed by atoms with E-state index in [-0.39, 0.29) is 17.5 Å². The minimum Gasteiger partial charge on any atom is -0.348 e. The molecule has 1 fully saturated rings. The molecule has 3 rings (SSSR count). The Morgan fingerprint density at radius 2 is 2.15 bits per heavy atom. The fraction of sp³-hybridized carbons (Fsp3) is 0.588. The van der Waals surface area contributed by atoms with Crippen LogP contribution in [0.4, 0.5) is 0 Å². The fourth-order valence-electron chi connectivity index (χ4n) is 3.47. The number of aryl methyl sites for hydroxylation is 1. The molecule has 3 nitrogen and oxygen atoms in total. The number of nitrogens with one attached hydrogen (secondary N) is 2. The Balaban J connectivity index is 1.74. The zero-order valence-corrected chi connectivity index (χ0v) is 12.2. The van der Waals surface area contributed by atoms with Gasteiger partial charge in [-0.25, -0.2) is 0 Å². The van der Waals surface area contributed by atoms with E-state index in [9.17, 15) is 4.79 Å². The topological polar surface area (TPSA) is 41.1 Å². The van der Waals surface area contributed by atoms with Gasteiger partial charge < -0.3 is 10.6 Å². The molecule has 3 heteroatoms. The van der Waals surface area contributed by atoms with Crippen LogP contribution in [0.5, 0.6) is 0 Å². The largest absolute Gasteiger partial charge is 0.348 e. The van der Waals surface area contributed by atoms with Gasteiger partial charge in [-0.2, -0.15) is 0 Å². The molecular weight excluding hydrogens is 248 g/mol. The van der Waals surface area contributed by atoms with Crippen LogP contribution in [-0.2, 0) is 11.2 Å². The van der Waals surface area contributed by atoms with Crippen LogP contribution in [0.2, 0.25) is 0 Å². The average molecular weight is 272 g/mol. The maximum Gasteiger partial charge on any atom is 0.240 e. The highest BCUT2D eigenvalue weighted by Crippen LogP contribution is 2.30. The van der Waals surface area contributed by atoms with Crippen LogP contribution in [0.1, 0.15) is 56.2 Å². The lowest BCUT2D eigenvalue weighted by molar-refractivity contribution is -0.128. The molecule has 1 aromatic rings. The van der Waals surface area contributed by atoms with Gasteiger partial charge in [-0.05, 0) is 63.1 Å². The molecule has 1 aliphatic carbocycles. The molecule has 0 radical (unpaired) electrons. The molecule has 2 atom stereocenters. The minimum atomic E-state index is -0.384. The molecule has 2 unspecified atom stereocenters. The van der Waals surface area contributed by atoms with Crippen molar-refractivity contribution in [2.24, 2.45) is 0 Å². The second-order valence-corrected chi connectivity index (χ2v) is 6.33. The molecule has 0 spiro atoms. The lowest BCUT2D eigenvalue weighted by atomic mass is 9.85. The summed E-state index contributed by atoms with van der Waals surface area (Å²) < 4.78 is 0. The summed E-state index contributed by atoms with van der Waals surface area (Å²) >= 11 is 0. The Morgan fingerprint density at radius 3 is 2.95 bits per heavy atom. The van der Waals surface area contributed by atoms with Gasteiger partial charge in [0.05, 0.1) is 11.6 Å². The van der Waals surface area contributed by atoms with Gasteiger partial charge in [-0.15, -0.1) is 0 Å². The standard InChI is InChI=1S/C17H24N2O/c1-17(11-4-5-12-18-17)16(20)19-15-10-6-8-13-7-2-3-9-14(13)15/h2-3,7,9,15,18H,4-6,8,10-12H2,1H3,(H,19,20). The van der Waals surface area contributed by atoms with Gasteiger partial charge in [0.2, 0.25) is 5.91 Å². The Labute approximate surface area is 121 Å². The molecule has 108 valence electrons. The van der Waals surface area contributed by atoms with Gasteiger partial charge in [0, 0.05) is 0 Å². The lowest BCUT2D eigenvalue weighted by Crippen LogP contribution is -2.57. The van der Waals surface area contributed by atoms with Gasteiger partial charge >= 0.3 is 0 Å². The van der Waals surface area contributed by atoms with E-state index in [1.165, 1.54) is 17.5 Å². The van der Waals surface area contributed by atoms with E-state index in [0.717, 1.165) is 38.6 Å². The van der Waals surface area contributed by atoms with E-state index < -0.39 is 0 Å². The van der Waals surface area contributed by atoms with Crippen LogP contribution in [0.3, 0.4) is 0 Å². The van der Waals surface area contributed by atoms with Gasteiger partial charge in [0.15, 0.2) is 0 Å². The first-order valence-corrected chi connectivity index (χ1v) is 7.83. The number of piperidine rings is 1. The summed E-state index contributed by atoms with van der Waals surface area (Å²) in [4.78, 5) is 12.6. The highest BCUT2D eigenvalue weighted by atomic mass is 16.2. The monoisotopic (exact) mass is 272 g/mol. The number of amides is 1. The van der Waals surface area contributed by atoms with Crippen molar-refractivity contribution < 1.29 is 4.79 Å². The average Bonchev–Trinajstić information content (AvgIpc) is 2.48. The summed E-state index contributed by atoms with van der Waals surface area (Å²) in [5.41, 5.74) is 2.32. The van der Waals surface area contributed by atoms with Crippen molar-refractivity contribution in [3.8, 4) is 0 Å². The summed E-state index contributed by atoms with van der Waals surface area (Å²) in [7, 11) is 0. The van der Waals surface area contributed by atoms with E-state index in [2.05, 4.69) is 34.9 Å². The van der Waals surface area contributed by atoms with Crippen molar-refractivity contribution in [3.05, 3.63) is 35.4 Å². The zero-order chi connectivity index (χ0) is 14.0. The molecule has 2 aliphatic rings. The SMILES string of the molecule is CC1(C(=O)NC2CCCc3ccccc32)CCCCN1. The maximum atomic E-state index is 12.6. The molecule has 0 bridgehead atoms. The Bertz CT molecular complexity index is 492. The Kier molecular flexibility index (Phi) is 3.79. The van der Waals surface area contributed by atoms with Gasteiger partial charge in [0.25, 0.3) is 0 Å². The lowest BCUT2D eigenvalue weighted by Gasteiger charge is -2.36. The van der Waals surface area contributed by atoms with Crippen LogP contribution >= 0.6 is 0 Å². The first kappa shape index (κ1) is 13.6. The number of rotatable bonds is 2. The third kappa shape index (κ3) is 2.59. The summed E-state index contributed by atoms with van der Waals surface area (Å²) in [6.45, 7) is 2.99. The molecule has 1 aromatic carbocycles. The Morgan fingerprint density at radius 1 is 1.30 bits per heavy atom. The number of fused-ring (bicyclic) bond motifs is 1. The normalized spacial score (nSPS) is 29.6. The third-order valence-corrected chi connectivity index (χ3v) is 4.79. The molecule has 1 amide bonds. The first-order chi connectivity index (χ1) is 9.69. The third-order valence-electron chi connectivity index (χ3n) is 4.79. The molecular formula is C17H24N2O. The van der Waals surface area contributed by atoms with E-state index in [1.54, 1.807) is 0 Å². The Hall–Kier alpha value is -1.35. The van der Waals surface area contributed by atoms with Crippen LogP contribution in [0.25, 0.3) is 0 Å². The fourth-order valence-corrected chi connectivity index (χ4v) is 3.47. The zero-order valence-electron chi connectivity index (χ0n) is 12.2. The first-order valence-electron chi connectivity index (χ1n) is 7.83. The smallest absolute Gasteiger partial charge is 0.240 e. The van der Waals surface area contributed by atoms with Crippen molar-refractivity contribution in [1.29, 1.82) is 0 Å². The van der Waals surface area contributed by atoms with Crippen molar-refractivity contribution in [3.63, 3.8) is 0 Å². The molecule has 1 heterocycles. The summed E-state index contributed by atoms with van der Waals surface area (Å²) in [5, 5.41) is 6.68. The second kappa shape index (κ2) is 5.57. The van der Waals surface area contributed by atoms with Crippen molar-refractivity contribution in [2.75, 3.05) is 6.54 Å². The second-order valence-electron chi connectivity index (χ2n) is 6.33. The van der Waals surface area contributed by atoms with Gasteiger partial charge in [-0.1, -0.05) is 24.3 Å². The number of hydrogen-bond acceptors (Lipinski definition) is 2. The van der Waals surface area contributed by atoms with E-state index in [0.29, 0.717) is 0 Å². The van der Waals surface area contributed by atoms with Crippen molar-refractivity contribution in [2.45, 2.75) is 57.0 Å². The van der Waals surface area contributed by atoms with Gasteiger partial charge in [0.1, 0.15) is 0 Å². The van der Waals surface area contributed by atoms with Crippen LogP contribution in [-0.4, -0.2) is 18.0 Å². The van der Waals surface area contributed by atoms with Crippen molar-refractivity contribution in [1.82, 2.24) is 10.6 Å². The molecule has 1 aliphatic heterocycles. The quantitative estimate of drug-likeness (QED) is 0.869. The van der Waals surface area contributed by atoms with E-state index in [1.807, 2.05) is 6.92 Å². The van der Waals surface area contributed by atoms with Crippen LogP contribution in [0.15, 0.2) is 24.3 Å². The number of carbonyl (C=O) groups is 1. The maximum absolute atomic E-state index is 12.6. The predicted octanol–water partition coefficient (Wildman–Crippen LogP) is 2.71. The summed E-state index contributed by atoms with van der Waals surface area (Å²) in [6.07, 6.45) is 6.60. The molecule has 1 saturated heterocycles. The number of hydrogen-bond donors (Lipinski definition) is 2. The number of benzene rings is 1. The molecule has 2 N–H and O–H groups in total. The minimum absolute atomic E-state index is 0.166. The highest BCUT2D eigenvalue weighted by molar-refractivity contribution is 5.86. The highest BCUT2D eigenvalue weighted by Gasteiger charge is 2.35. The molecule has 0 saturated carbocycles. The number of carbonyl (C=O) groups excluding carboxylic acids is 1. The summed E-state index contributed by atoms with van der Waals surface area (Å²) in [5.74, 6) is 0.166. The van der Waals surface area contributed by atoms with Crippen LogP contribution < -0.4 is 10.6 Å². The van der Waals surface area contributed by atoms with Crippen LogP contribution in [0, 0.1) is 0 Å². The molecule has 20 heavy (non-hydrogen) atoms.